The standard InChI is InChI=1S/C25H27N3O6S2/c1-32-12-10-28-20(15-26-25(28)36(30,31)18-19-6-3-7-21(14-19)33-2)16-27(17-22-8-4-11-34-22)24(29)23-9-5-13-35-23/h3-9,11,13-15H,10,12,16-18H2,1-2H3. The maximum atomic E-state index is 13.4. The van der Waals surface area contributed by atoms with E-state index in [1.807, 2.05) is 11.4 Å². The van der Waals surface area contributed by atoms with Crippen LogP contribution in [0.15, 0.2) is 75.9 Å². The lowest BCUT2D eigenvalue weighted by molar-refractivity contribution is 0.0717. The molecule has 1 amide bonds. The van der Waals surface area contributed by atoms with Crippen molar-refractivity contribution in [1.29, 1.82) is 0 Å². The Labute approximate surface area is 213 Å². The number of ether oxygens (including phenoxy) is 2. The average Bonchev–Trinajstić information content (AvgIpc) is 3.64. The van der Waals surface area contributed by atoms with Crippen LogP contribution in [0.25, 0.3) is 0 Å². The van der Waals surface area contributed by atoms with Gasteiger partial charge in [-0.3, -0.25) is 4.79 Å². The summed E-state index contributed by atoms with van der Waals surface area (Å²) in [4.78, 5) is 19.8. The highest BCUT2D eigenvalue weighted by atomic mass is 32.2. The van der Waals surface area contributed by atoms with Gasteiger partial charge in [0.25, 0.3) is 5.91 Å². The Kier molecular flexibility index (Phi) is 8.24. The first-order valence-corrected chi connectivity index (χ1v) is 13.7. The Bertz CT molecular complexity index is 1380. The van der Waals surface area contributed by atoms with Gasteiger partial charge in [-0.2, -0.15) is 0 Å². The number of carbonyl (C=O) groups excluding carboxylic acids is 1. The Morgan fingerprint density at radius 3 is 2.69 bits per heavy atom. The molecule has 0 N–H and O–H groups in total. The summed E-state index contributed by atoms with van der Waals surface area (Å²) in [6.07, 6.45) is 3.06. The molecule has 0 radical (unpaired) electrons. The van der Waals surface area contributed by atoms with Crippen LogP contribution in [0.3, 0.4) is 0 Å². The van der Waals surface area contributed by atoms with Crippen LogP contribution in [0.5, 0.6) is 5.75 Å². The number of hydrogen-bond donors (Lipinski definition) is 0. The SMILES string of the molecule is COCCn1c(CN(Cc2ccco2)C(=O)c2cccs2)cnc1S(=O)(=O)Cc1cccc(OC)c1. The third kappa shape index (κ3) is 6.04. The summed E-state index contributed by atoms with van der Waals surface area (Å²) in [5, 5.41) is 1.77. The van der Waals surface area contributed by atoms with Gasteiger partial charge >= 0.3 is 0 Å². The first-order chi connectivity index (χ1) is 17.4. The fourth-order valence-electron chi connectivity index (χ4n) is 3.78. The van der Waals surface area contributed by atoms with Crippen LogP contribution in [0.2, 0.25) is 0 Å². The van der Waals surface area contributed by atoms with E-state index in [0.717, 1.165) is 0 Å². The minimum absolute atomic E-state index is 0.0705. The molecule has 3 heterocycles. The smallest absolute Gasteiger partial charge is 0.264 e. The zero-order valence-electron chi connectivity index (χ0n) is 20.0. The zero-order chi connectivity index (χ0) is 25.5. The number of furan rings is 1. The average molecular weight is 530 g/mol. The number of rotatable bonds is 12. The molecule has 190 valence electrons. The number of amides is 1. The summed E-state index contributed by atoms with van der Waals surface area (Å²) in [6.45, 7) is 0.913. The Morgan fingerprint density at radius 1 is 1.14 bits per heavy atom. The number of imidazole rings is 1. The van der Waals surface area contributed by atoms with Crippen molar-refractivity contribution in [1.82, 2.24) is 14.5 Å². The highest BCUT2D eigenvalue weighted by Gasteiger charge is 2.27. The van der Waals surface area contributed by atoms with Gasteiger partial charge in [0.2, 0.25) is 15.0 Å². The van der Waals surface area contributed by atoms with Crippen LogP contribution in [0.1, 0.15) is 26.7 Å². The van der Waals surface area contributed by atoms with Gasteiger partial charge in [0.05, 0.1) is 55.6 Å². The predicted molar refractivity (Wildman–Crippen MR) is 135 cm³/mol. The van der Waals surface area contributed by atoms with Crippen molar-refractivity contribution in [2.24, 2.45) is 0 Å². The molecule has 0 fully saturated rings. The molecule has 3 aromatic heterocycles. The summed E-state index contributed by atoms with van der Waals surface area (Å²) in [7, 11) is -0.730. The molecule has 0 atom stereocenters. The molecule has 0 saturated carbocycles. The van der Waals surface area contributed by atoms with E-state index in [1.54, 1.807) is 65.3 Å². The van der Waals surface area contributed by atoms with Gasteiger partial charge in [-0.25, -0.2) is 13.4 Å². The van der Waals surface area contributed by atoms with E-state index in [1.165, 1.54) is 24.6 Å². The van der Waals surface area contributed by atoms with Crippen LogP contribution in [0, 0.1) is 0 Å². The number of nitrogens with zero attached hydrogens (tertiary/aromatic N) is 3. The Morgan fingerprint density at radius 2 is 2.00 bits per heavy atom. The molecular formula is C25H27N3O6S2. The van der Waals surface area contributed by atoms with Crippen LogP contribution >= 0.6 is 11.3 Å². The summed E-state index contributed by atoms with van der Waals surface area (Å²) < 4.78 is 44.3. The molecule has 0 unspecified atom stereocenters. The lowest BCUT2D eigenvalue weighted by Gasteiger charge is -2.22. The van der Waals surface area contributed by atoms with Gasteiger partial charge in [0, 0.05) is 13.7 Å². The van der Waals surface area contributed by atoms with Crippen molar-refractivity contribution in [3.05, 3.63) is 88.3 Å². The van der Waals surface area contributed by atoms with Gasteiger partial charge in [0.15, 0.2) is 0 Å². The van der Waals surface area contributed by atoms with Gasteiger partial charge in [-0.05, 0) is 41.3 Å². The van der Waals surface area contributed by atoms with Gasteiger partial charge in [-0.15, -0.1) is 11.3 Å². The second kappa shape index (κ2) is 11.5. The minimum Gasteiger partial charge on any atom is -0.497 e. The molecule has 0 aliphatic heterocycles. The third-order valence-corrected chi connectivity index (χ3v) is 7.94. The van der Waals surface area contributed by atoms with Crippen molar-refractivity contribution < 1.29 is 27.1 Å². The monoisotopic (exact) mass is 529 g/mol. The van der Waals surface area contributed by atoms with Crippen molar-refractivity contribution >= 4 is 27.1 Å². The number of aromatic nitrogens is 2. The molecule has 0 saturated heterocycles. The molecule has 0 aliphatic carbocycles. The van der Waals surface area contributed by atoms with Crippen LogP contribution in [-0.4, -0.2) is 49.6 Å². The number of hydrogen-bond acceptors (Lipinski definition) is 8. The third-order valence-electron chi connectivity index (χ3n) is 5.49. The lowest BCUT2D eigenvalue weighted by Crippen LogP contribution is -2.31. The van der Waals surface area contributed by atoms with Gasteiger partial charge in [0.1, 0.15) is 11.5 Å². The zero-order valence-corrected chi connectivity index (χ0v) is 21.6. The molecule has 4 aromatic rings. The second-order valence-electron chi connectivity index (χ2n) is 8.01. The van der Waals surface area contributed by atoms with Gasteiger partial charge in [-0.1, -0.05) is 18.2 Å². The molecular weight excluding hydrogens is 502 g/mol. The fourth-order valence-corrected chi connectivity index (χ4v) is 5.97. The fraction of sp³-hybridized carbons (Fsp3) is 0.280. The Hall–Kier alpha value is -3.41. The van der Waals surface area contributed by atoms with E-state index >= 15 is 0 Å². The van der Waals surface area contributed by atoms with Crippen LogP contribution < -0.4 is 4.74 Å². The van der Waals surface area contributed by atoms with E-state index in [9.17, 15) is 13.2 Å². The maximum absolute atomic E-state index is 13.4. The lowest BCUT2D eigenvalue weighted by atomic mass is 10.2. The molecule has 36 heavy (non-hydrogen) atoms. The van der Waals surface area contributed by atoms with E-state index in [-0.39, 0.29) is 43.1 Å². The molecule has 0 spiro atoms. The maximum Gasteiger partial charge on any atom is 0.264 e. The molecule has 0 bridgehead atoms. The van der Waals surface area contributed by atoms with Crippen LogP contribution in [0.4, 0.5) is 0 Å². The highest BCUT2D eigenvalue weighted by molar-refractivity contribution is 7.90. The van der Waals surface area contributed by atoms with Crippen molar-refractivity contribution in [3.63, 3.8) is 0 Å². The van der Waals surface area contributed by atoms with E-state index < -0.39 is 9.84 Å². The number of carbonyl (C=O) groups is 1. The quantitative estimate of drug-likeness (QED) is 0.273. The summed E-state index contributed by atoms with van der Waals surface area (Å²) in [5.41, 5.74) is 1.16. The Balaban J connectivity index is 1.66. The second-order valence-corrected chi connectivity index (χ2v) is 10.8. The van der Waals surface area contributed by atoms with Gasteiger partial charge < -0.3 is 23.4 Å². The van der Waals surface area contributed by atoms with E-state index in [2.05, 4.69) is 4.98 Å². The molecule has 9 nitrogen and oxygen atoms in total. The summed E-state index contributed by atoms with van der Waals surface area (Å²) >= 11 is 1.34. The van der Waals surface area contributed by atoms with Crippen molar-refractivity contribution in [2.45, 2.75) is 30.5 Å². The normalized spacial score (nSPS) is 11.5. The van der Waals surface area contributed by atoms with Crippen molar-refractivity contribution in [3.8, 4) is 5.75 Å². The topological polar surface area (TPSA) is 104 Å². The summed E-state index contributed by atoms with van der Waals surface area (Å²) in [5.74, 6) is 0.778. The molecule has 1 aromatic carbocycles. The number of sulfone groups is 1. The number of thiophene rings is 1. The first-order valence-electron chi connectivity index (χ1n) is 11.2. The largest absolute Gasteiger partial charge is 0.497 e. The molecule has 11 heteroatoms. The molecule has 0 aliphatic rings. The summed E-state index contributed by atoms with van der Waals surface area (Å²) in [6, 6.07) is 14.0. The highest BCUT2D eigenvalue weighted by Crippen LogP contribution is 2.23. The first kappa shape index (κ1) is 25.7. The number of methoxy groups -OCH3 is 2. The predicted octanol–water partition coefficient (Wildman–Crippen LogP) is 4.01. The minimum atomic E-state index is -3.81. The molecule has 4 rings (SSSR count). The van der Waals surface area contributed by atoms with E-state index in [0.29, 0.717) is 27.6 Å². The van der Waals surface area contributed by atoms with E-state index in [4.69, 9.17) is 13.9 Å². The van der Waals surface area contributed by atoms with Crippen LogP contribution in [-0.2, 0) is 40.0 Å². The van der Waals surface area contributed by atoms with Crippen molar-refractivity contribution in [2.75, 3.05) is 20.8 Å². The number of benzene rings is 1.